The number of amides is 1. The summed E-state index contributed by atoms with van der Waals surface area (Å²) in [5, 5.41) is 11.6. The van der Waals surface area contributed by atoms with Crippen LogP contribution in [-0.2, 0) is 14.3 Å². The largest absolute Gasteiger partial charge is 0.505 e. The second-order valence-electron chi connectivity index (χ2n) is 9.15. The number of hydrogen-bond donors (Lipinski definition) is 1. The highest BCUT2D eigenvalue weighted by molar-refractivity contribution is 6.46. The molecule has 1 unspecified atom stereocenters. The predicted octanol–water partition coefficient (Wildman–Crippen LogP) is 4.68. The molecule has 0 spiro atoms. The van der Waals surface area contributed by atoms with E-state index in [0.717, 1.165) is 19.3 Å². The van der Waals surface area contributed by atoms with Crippen LogP contribution in [0, 0.1) is 6.92 Å². The van der Waals surface area contributed by atoms with Crippen LogP contribution >= 0.6 is 0 Å². The van der Waals surface area contributed by atoms with Crippen LogP contribution in [0.1, 0.15) is 56.1 Å². The smallest absolute Gasteiger partial charge is 0.295 e. The number of likely N-dealkylation sites (tertiary alicyclic amines) is 1. The maximum Gasteiger partial charge on any atom is 0.295 e. The number of aliphatic hydroxyl groups excluding tert-OH is 1. The molecule has 4 rings (SSSR count). The molecule has 0 saturated carbocycles. The summed E-state index contributed by atoms with van der Waals surface area (Å²) in [7, 11) is 1.53. The van der Waals surface area contributed by atoms with E-state index >= 15 is 0 Å². The van der Waals surface area contributed by atoms with Gasteiger partial charge in [-0.3, -0.25) is 14.0 Å². The van der Waals surface area contributed by atoms with Gasteiger partial charge in [0.25, 0.3) is 11.7 Å². The summed E-state index contributed by atoms with van der Waals surface area (Å²) in [5.74, 6) is -0.616. The number of methoxy groups -OCH3 is 1. The van der Waals surface area contributed by atoms with Crippen molar-refractivity contribution < 1.29 is 28.9 Å². The van der Waals surface area contributed by atoms with E-state index in [1.54, 1.807) is 29.7 Å². The van der Waals surface area contributed by atoms with Crippen LogP contribution in [0.25, 0.3) is 11.4 Å². The molecule has 1 saturated heterocycles. The number of hydrogen-bond acceptors (Lipinski definition) is 7. The summed E-state index contributed by atoms with van der Waals surface area (Å²) in [6, 6.07) is 10.0. The van der Waals surface area contributed by atoms with Gasteiger partial charge in [0.2, 0.25) is 0 Å². The lowest BCUT2D eigenvalue weighted by molar-refractivity contribution is -0.140. The molecule has 1 amide bonds. The minimum atomic E-state index is -0.841. The monoisotopic (exact) mass is 521 g/mol. The fraction of sp³-hybridized carbons (Fsp3) is 0.414. The minimum Gasteiger partial charge on any atom is -0.505 e. The minimum absolute atomic E-state index is 0.00100. The van der Waals surface area contributed by atoms with Gasteiger partial charge in [0.05, 0.1) is 37.1 Å². The van der Waals surface area contributed by atoms with Gasteiger partial charge in [-0.2, -0.15) is 0 Å². The van der Waals surface area contributed by atoms with Crippen LogP contribution in [0.2, 0.25) is 0 Å². The first kappa shape index (κ1) is 27.2. The first-order valence-electron chi connectivity index (χ1n) is 13.0. The summed E-state index contributed by atoms with van der Waals surface area (Å²) in [5.41, 5.74) is 2.16. The number of Topliss-reactive ketones (excluding diaryl/α,β-unsaturated/α-hetero) is 1. The molecule has 0 bridgehead atoms. The van der Waals surface area contributed by atoms with Crippen LogP contribution in [0.3, 0.4) is 0 Å². The second-order valence-corrected chi connectivity index (χ2v) is 9.15. The van der Waals surface area contributed by atoms with Crippen molar-refractivity contribution in [1.29, 1.82) is 0 Å². The molecule has 0 radical (unpaired) electrons. The lowest BCUT2D eigenvalue weighted by Gasteiger charge is -2.26. The highest BCUT2D eigenvalue weighted by Gasteiger charge is 2.46. The summed E-state index contributed by atoms with van der Waals surface area (Å²) in [6.45, 7) is 7.16. The molecule has 1 atom stereocenters. The molecule has 1 N–H and O–H groups in total. The Morgan fingerprint density at radius 2 is 1.87 bits per heavy atom. The van der Waals surface area contributed by atoms with Crippen LogP contribution in [0.4, 0.5) is 0 Å². The molecule has 1 aromatic carbocycles. The van der Waals surface area contributed by atoms with Gasteiger partial charge in [-0.1, -0.05) is 31.9 Å². The summed E-state index contributed by atoms with van der Waals surface area (Å²) in [6.07, 6.45) is 4.85. The van der Waals surface area contributed by atoms with Crippen molar-refractivity contribution in [1.82, 2.24) is 14.3 Å². The number of carbonyl (C=O) groups excluding carboxylic acids is 2. The Hall–Kier alpha value is -3.85. The summed E-state index contributed by atoms with van der Waals surface area (Å²) < 4.78 is 18.8. The summed E-state index contributed by atoms with van der Waals surface area (Å²) in [4.78, 5) is 32.5. The molecule has 1 fully saturated rings. The Kier molecular flexibility index (Phi) is 8.68. The van der Waals surface area contributed by atoms with Crippen molar-refractivity contribution >= 4 is 23.1 Å². The number of ether oxygens (including phenoxy) is 3. The zero-order valence-electron chi connectivity index (χ0n) is 22.4. The van der Waals surface area contributed by atoms with E-state index in [2.05, 4.69) is 11.9 Å². The lowest BCUT2D eigenvalue weighted by Crippen LogP contribution is -2.32. The van der Waals surface area contributed by atoms with E-state index in [1.807, 2.05) is 31.2 Å². The number of rotatable bonds is 12. The third-order valence-electron chi connectivity index (χ3n) is 6.59. The van der Waals surface area contributed by atoms with Gasteiger partial charge >= 0.3 is 0 Å². The number of imidazole rings is 1. The van der Waals surface area contributed by atoms with Gasteiger partial charge < -0.3 is 24.2 Å². The average Bonchev–Trinajstić information content (AvgIpc) is 3.38. The standard InChI is InChI=1S/C29H35N3O6/c1-5-7-10-16-38-21-13-12-20(18-22(21)37-6-2)26-24(28(34)29(35)32(26)15-17-36-4)27(33)25-19(3)30-23-11-8-9-14-31(23)25/h8-9,11-14,18,26,33H,5-7,10,15-17H2,1-4H3/b27-24+. The third-order valence-corrected chi connectivity index (χ3v) is 6.59. The fourth-order valence-electron chi connectivity index (χ4n) is 4.79. The van der Waals surface area contributed by atoms with E-state index in [1.165, 1.54) is 12.0 Å². The Balaban J connectivity index is 1.84. The van der Waals surface area contributed by atoms with Gasteiger partial charge in [0, 0.05) is 19.9 Å². The number of benzene rings is 1. The lowest BCUT2D eigenvalue weighted by atomic mass is 9.96. The quantitative estimate of drug-likeness (QED) is 0.160. The van der Waals surface area contributed by atoms with Crippen molar-refractivity contribution in [2.24, 2.45) is 0 Å². The molecule has 2 aromatic heterocycles. The number of pyridine rings is 1. The first-order valence-corrected chi connectivity index (χ1v) is 13.0. The van der Waals surface area contributed by atoms with Crippen molar-refractivity contribution in [3.05, 3.63) is 65.1 Å². The van der Waals surface area contributed by atoms with E-state index < -0.39 is 17.7 Å². The van der Waals surface area contributed by atoms with Crippen molar-refractivity contribution in [2.45, 2.75) is 46.1 Å². The summed E-state index contributed by atoms with van der Waals surface area (Å²) >= 11 is 0. The van der Waals surface area contributed by atoms with E-state index in [-0.39, 0.29) is 24.5 Å². The van der Waals surface area contributed by atoms with Crippen LogP contribution in [-0.4, -0.2) is 64.6 Å². The number of fused-ring (bicyclic) bond motifs is 1. The number of unbranched alkanes of at least 4 members (excludes halogenated alkanes) is 2. The van der Waals surface area contributed by atoms with Gasteiger partial charge in [-0.15, -0.1) is 0 Å². The van der Waals surface area contributed by atoms with Crippen LogP contribution < -0.4 is 9.47 Å². The SMILES string of the molecule is CCCCCOc1ccc(C2/C(=C(\O)c3c(C)nc4ccccn34)C(=O)C(=O)N2CCOC)cc1OCC. The average molecular weight is 522 g/mol. The van der Waals surface area contributed by atoms with Gasteiger partial charge in [0.1, 0.15) is 11.3 Å². The molecule has 1 aliphatic rings. The Morgan fingerprint density at radius 1 is 1.05 bits per heavy atom. The molecule has 202 valence electrons. The number of carbonyl (C=O) groups is 2. The zero-order valence-corrected chi connectivity index (χ0v) is 22.4. The molecule has 3 heterocycles. The number of aliphatic hydroxyl groups is 1. The van der Waals surface area contributed by atoms with E-state index in [0.29, 0.717) is 47.3 Å². The first-order chi connectivity index (χ1) is 18.4. The van der Waals surface area contributed by atoms with Crippen molar-refractivity contribution in [2.75, 3.05) is 33.5 Å². The molecule has 0 aliphatic carbocycles. The molecule has 9 nitrogen and oxygen atoms in total. The van der Waals surface area contributed by atoms with Gasteiger partial charge in [0.15, 0.2) is 17.3 Å². The van der Waals surface area contributed by atoms with Crippen molar-refractivity contribution in [3.63, 3.8) is 0 Å². The fourth-order valence-corrected chi connectivity index (χ4v) is 4.79. The third kappa shape index (κ3) is 5.24. The van der Waals surface area contributed by atoms with Gasteiger partial charge in [-0.05, 0) is 50.1 Å². The molecular formula is C29H35N3O6. The Labute approximate surface area is 222 Å². The van der Waals surface area contributed by atoms with Crippen molar-refractivity contribution in [3.8, 4) is 11.5 Å². The second kappa shape index (κ2) is 12.1. The normalized spacial score (nSPS) is 16.9. The Bertz CT molecular complexity index is 1350. The maximum absolute atomic E-state index is 13.4. The Morgan fingerprint density at radius 3 is 2.61 bits per heavy atom. The van der Waals surface area contributed by atoms with Gasteiger partial charge in [-0.25, -0.2) is 4.98 Å². The van der Waals surface area contributed by atoms with E-state index in [4.69, 9.17) is 14.2 Å². The van der Waals surface area contributed by atoms with Crippen LogP contribution in [0.5, 0.6) is 11.5 Å². The highest BCUT2D eigenvalue weighted by Crippen LogP contribution is 2.42. The van der Waals surface area contributed by atoms with E-state index in [9.17, 15) is 14.7 Å². The molecular weight excluding hydrogens is 486 g/mol. The molecule has 38 heavy (non-hydrogen) atoms. The molecule has 1 aliphatic heterocycles. The maximum atomic E-state index is 13.4. The molecule has 9 heteroatoms. The number of nitrogens with zero attached hydrogens (tertiary/aromatic N) is 3. The topological polar surface area (TPSA) is 103 Å². The zero-order chi connectivity index (χ0) is 27.2. The molecule has 3 aromatic rings. The van der Waals surface area contributed by atoms with Crippen LogP contribution in [0.15, 0.2) is 48.2 Å². The number of aryl methyl sites for hydroxylation is 1. The highest BCUT2D eigenvalue weighted by atomic mass is 16.5. The predicted molar refractivity (Wildman–Crippen MR) is 143 cm³/mol. The number of aromatic nitrogens is 2. The number of ketones is 1.